The van der Waals surface area contributed by atoms with Gasteiger partial charge in [0, 0.05) is 13.0 Å². The van der Waals surface area contributed by atoms with E-state index in [1.807, 2.05) is 6.92 Å². The maximum atomic E-state index is 13.6. The van der Waals surface area contributed by atoms with Gasteiger partial charge in [-0.15, -0.1) is 0 Å². The fourth-order valence-corrected chi connectivity index (χ4v) is 2.21. The minimum absolute atomic E-state index is 0.00955. The Morgan fingerprint density at radius 1 is 1.40 bits per heavy atom. The molecule has 0 spiro atoms. The Kier molecular flexibility index (Phi) is 4.49. The molecule has 3 nitrogen and oxygen atoms in total. The third-order valence-electron chi connectivity index (χ3n) is 2.88. The van der Waals surface area contributed by atoms with Crippen molar-refractivity contribution in [3.63, 3.8) is 0 Å². The lowest BCUT2D eigenvalue weighted by atomic mass is 10.1. The number of ketones is 1. The first-order valence-electron chi connectivity index (χ1n) is 6.22. The molecule has 20 heavy (non-hydrogen) atoms. The van der Waals surface area contributed by atoms with Crippen LogP contribution in [0.3, 0.4) is 0 Å². The van der Waals surface area contributed by atoms with Gasteiger partial charge in [-0.25, -0.2) is 8.78 Å². The molecule has 0 saturated heterocycles. The summed E-state index contributed by atoms with van der Waals surface area (Å²) in [7, 11) is 0. The van der Waals surface area contributed by atoms with Crippen molar-refractivity contribution in [1.29, 1.82) is 0 Å². The fourth-order valence-electron chi connectivity index (χ4n) is 1.96. The Morgan fingerprint density at radius 2 is 2.15 bits per heavy atom. The summed E-state index contributed by atoms with van der Waals surface area (Å²) in [6.45, 7) is 2.48. The van der Waals surface area contributed by atoms with Crippen molar-refractivity contribution in [2.24, 2.45) is 0 Å². The Morgan fingerprint density at radius 3 is 2.85 bits per heavy atom. The molecule has 0 radical (unpaired) electrons. The van der Waals surface area contributed by atoms with Crippen molar-refractivity contribution < 1.29 is 13.6 Å². The first-order valence-corrected chi connectivity index (χ1v) is 6.59. The molecule has 1 aromatic carbocycles. The summed E-state index contributed by atoms with van der Waals surface area (Å²) in [4.78, 5) is 12.2. The highest BCUT2D eigenvalue weighted by Crippen LogP contribution is 2.20. The highest BCUT2D eigenvalue weighted by molar-refractivity contribution is 6.33. The maximum absolute atomic E-state index is 13.6. The third-order valence-corrected chi connectivity index (χ3v) is 3.15. The van der Waals surface area contributed by atoms with Gasteiger partial charge in [-0.2, -0.15) is 5.10 Å². The zero-order chi connectivity index (χ0) is 14.7. The highest BCUT2D eigenvalue weighted by Gasteiger charge is 2.19. The lowest BCUT2D eigenvalue weighted by Gasteiger charge is -2.07. The zero-order valence-electron chi connectivity index (χ0n) is 10.9. The van der Waals surface area contributed by atoms with Crippen molar-refractivity contribution in [2.45, 2.75) is 26.3 Å². The summed E-state index contributed by atoms with van der Waals surface area (Å²) in [6.07, 6.45) is 1.91. The van der Waals surface area contributed by atoms with E-state index in [2.05, 4.69) is 5.10 Å². The van der Waals surface area contributed by atoms with Crippen LogP contribution in [-0.4, -0.2) is 15.6 Å². The molecule has 1 heterocycles. The minimum Gasteiger partial charge on any atom is -0.292 e. The predicted molar refractivity (Wildman–Crippen MR) is 71.9 cm³/mol. The van der Waals surface area contributed by atoms with Crippen LogP contribution in [0.5, 0.6) is 0 Å². The summed E-state index contributed by atoms with van der Waals surface area (Å²) in [5, 5.41) is 4.23. The molecule has 0 unspecified atom stereocenters. The zero-order valence-corrected chi connectivity index (χ0v) is 11.6. The minimum atomic E-state index is -1.00. The lowest BCUT2D eigenvalue weighted by molar-refractivity contribution is 0.0981. The number of carbonyl (C=O) groups is 1. The quantitative estimate of drug-likeness (QED) is 0.790. The molecule has 0 aliphatic heterocycles. The number of hydrogen-bond acceptors (Lipinski definition) is 2. The lowest BCUT2D eigenvalue weighted by Crippen LogP contribution is -2.14. The van der Waals surface area contributed by atoms with Crippen LogP contribution < -0.4 is 0 Å². The van der Waals surface area contributed by atoms with E-state index < -0.39 is 11.6 Å². The van der Waals surface area contributed by atoms with Crippen LogP contribution >= 0.6 is 11.6 Å². The Balaban J connectivity index is 2.28. The van der Waals surface area contributed by atoms with Gasteiger partial charge >= 0.3 is 0 Å². The molecule has 1 aromatic heterocycles. The molecule has 0 aliphatic rings. The molecule has 0 bridgehead atoms. The number of rotatable bonds is 5. The Hall–Kier alpha value is -1.75. The van der Waals surface area contributed by atoms with Gasteiger partial charge in [0.2, 0.25) is 0 Å². The van der Waals surface area contributed by atoms with Crippen molar-refractivity contribution in [2.75, 3.05) is 0 Å². The summed E-state index contributed by atoms with van der Waals surface area (Å²) >= 11 is 5.94. The largest absolute Gasteiger partial charge is 0.292 e. The van der Waals surface area contributed by atoms with Gasteiger partial charge in [0.1, 0.15) is 5.69 Å². The number of aromatic nitrogens is 2. The van der Waals surface area contributed by atoms with Crippen LogP contribution in [0.15, 0.2) is 24.4 Å². The van der Waals surface area contributed by atoms with Crippen molar-refractivity contribution in [3.8, 4) is 0 Å². The molecule has 0 amide bonds. The Bertz CT molecular complexity index is 640. The van der Waals surface area contributed by atoms with Crippen LogP contribution in [-0.2, 0) is 13.0 Å². The van der Waals surface area contributed by atoms with Crippen LogP contribution in [0.25, 0.3) is 0 Å². The SMILES string of the molecule is CCCn1ncc(Cl)c1C(=O)Cc1cccc(F)c1F. The van der Waals surface area contributed by atoms with Gasteiger partial charge in [-0.3, -0.25) is 9.48 Å². The molecule has 2 rings (SSSR count). The number of carbonyl (C=O) groups excluding carboxylic acids is 1. The van der Waals surface area contributed by atoms with E-state index in [-0.39, 0.29) is 28.5 Å². The van der Waals surface area contributed by atoms with Crippen molar-refractivity contribution >= 4 is 17.4 Å². The second kappa shape index (κ2) is 6.13. The molecule has 2 aromatic rings. The molecular weight excluding hydrogens is 286 g/mol. The second-order valence-corrected chi connectivity index (χ2v) is 4.78. The van der Waals surface area contributed by atoms with Crippen LogP contribution in [0.1, 0.15) is 29.4 Å². The number of hydrogen-bond donors (Lipinski definition) is 0. The molecule has 0 N–H and O–H groups in total. The summed E-state index contributed by atoms with van der Waals surface area (Å²) < 4.78 is 28.2. The number of aryl methyl sites for hydroxylation is 1. The van der Waals surface area contributed by atoms with E-state index in [4.69, 9.17) is 11.6 Å². The number of benzene rings is 1. The average molecular weight is 299 g/mol. The number of Topliss-reactive ketones (excluding diaryl/α,β-unsaturated/α-hetero) is 1. The van der Waals surface area contributed by atoms with Gasteiger partial charge in [-0.1, -0.05) is 30.7 Å². The topological polar surface area (TPSA) is 34.9 Å². The normalized spacial score (nSPS) is 10.8. The van der Waals surface area contributed by atoms with E-state index >= 15 is 0 Å². The summed E-state index contributed by atoms with van der Waals surface area (Å²) in [5.41, 5.74) is 0.243. The Labute approximate surface area is 120 Å². The number of halogens is 3. The van der Waals surface area contributed by atoms with E-state index in [0.29, 0.717) is 6.54 Å². The van der Waals surface area contributed by atoms with Crippen LogP contribution in [0, 0.1) is 11.6 Å². The molecule has 0 atom stereocenters. The second-order valence-electron chi connectivity index (χ2n) is 4.38. The molecule has 0 fully saturated rings. The van der Waals surface area contributed by atoms with Gasteiger partial charge in [0.05, 0.1) is 11.2 Å². The smallest absolute Gasteiger partial charge is 0.186 e. The van der Waals surface area contributed by atoms with E-state index in [9.17, 15) is 13.6 Å². The van der Waals surface area contributed by atoms with Gasteiger partial charge in [0.15, 0.2) is 17.4 Å². The average Bonchev–Trinajstić information content (AvgIpc) is 2.77. The first kappa shape index (κ1) is 14.7. The molecule has 0 aliphatic carbocycles. The predicted octanol–water partition coefficient (Wildman–Crippen LogP) is 3.65. The molecule has 6 heteroatoms. The highest BCUT2D eigenvalue weighted by atomic mass is 35.5. The van der Waals surface area contributed by atoms with E-state index in [1.165, 1.54) is 23.0 Å². The maximum Gasteiger partial charge on any atom is 0.186 e. The standard InChI is InChI=1S/C14H13ClF2N2O/c1-2-6-19-14(10(15)8-18-19)12(20)7-9-4-3-5-11(16)13(9)17/h3-5,8H,2,6-7H2,1H3. The van der Waals surface area contributed by atoms with Gasteiger partial charge in [0.25, 0.3) is 0 Å². The van der Waals surface area contributed by atoms with Crippen LogP contribution in [0.2, 0.25) is 5.02 Å². The van der Waals surface area contributed by atoms with Gasteiger partial charge < -0.3 is 0 Å². The van der Waals surface area contributed by atoms with Gasteiger partial charge in [-0.05, 0) is 18.1 Å². The van der Waals surface area contributed by atoms with Crippen molar-refractivity contribution in [3.05, 3.63) is 52.3 Å². The first-order chi connectivity index (χ1) is 9.54. The molecule has 0 saturated carbocycles. The van der Waals surface area contributed by atoms with Crippen molar-refractivity contribution in [1.82, 2.24) is 9.78 Å². The van der Waals surface area contributed by atoms with Crippen LogP contribution in [0.4, 0.5) is 8.78 Å². The summed E-state index contributed by atoms with van der Waals surface area (Å²) in [6, 6.07) is 3.76. The molecular formula is C14H13ClF2N2O. The third kappa shape index (κ3) is 2.88. The molecule has 106 valence electrons. The van der Waals surface area contributed by atoms with E-state index in [0.717, 1.165) is 12.5 Å². The number of nitrogens with zero attached hydrogens (tertiary/aromatic N) is 2. The monoisotopic (exact) mass is 298 g/mol. The van der Waals surface area contributed by atoms with E-state index in [1.54, 1.807) is 0 Å². The fraction of sp³-hybridized carbons (Fsp3) is 0.286. The summed E-state index contributed by atoms with van der Waals surface area (Å²) in [5.74, 6) is -2.35.